The van der Waals surface area contributed by atoms with Crippen LogP contribution in [0.4, 0.5) is 10.1 Å². The number of hydrazine groups is 1. The van der Waals surface area contributed by atoms with Gasteiger partial charge in [-0.1, -0.05) is 13.8 Å². The van der Waals surface area contributed by atoms with E-state index < -0.39 is 0 Å². The predicted octanol–water partition coefficient (Wildman–Crippen LogP) is 2.08. The van der Waals surface area contributed by atoms with E-state index in [1.54, 1.807) is 0 Å². The number of hydrogen-bond acceptors (Lipinski definition) is 2. The zero-order valence-corrected chi connectivity index (χ0v) is 8.90. The standard InChI is InChI=1S/C11H15FN2O/c1-8(2)7-11(15)14(13)10-5-3-9(12)4-6-10/h3-6,8H,7,13H2,1-2H3. The van der Waals surface area contributed by atoms with E-state index in [4.69, 9.17) is 5.84 Å². The summed E-state index contributed by atoms with van der Waals surface area (Å²) in [6, 6.07) is 5.51. The first-order chi connectivity index (χ1) is 7.00. The summed E-state index contributed by atoms with van der Waals surface area (Å²) in [5.41, 5.74) is 0.502. The van der Waals surface area contributed by atoms with Gasteiger partial charge in [-0.25, -0.2) is 15.2 Å². The molecule has 0 heterocycles. The Balaban J connectivity index is 2.71. The van der Waals surface area contributed by atoms with Crippen LogP contribution in [0.3, 0.4) is 0 Å². The molecule has 0 atom stereocenters. The van der Waals surface area contributed by atoms with Gasteiger partial charge in [-0.2, -0.15) is 0 Å². The number of benzene rings is 1. The van der Waals surface area contributed by atoms with Gasteiger partial charge in [0.15, 0.2) is 0 Å². The summed E-state index contributed by atoms with van der Waals surface area (Å²) in [6.07, 6.45) is 0.383. The third-order valence-electron chi connectivity index (χ3n) is 1.96. The Bertz CT molecular complexity index is 335. The molecule has 0 saturated heterocycles. The molecule has 0 radical (unpaired) electrons. The molecule has 15 heavy (non-hydrogen) atoms. The summed E-state index contributed by atoms with van der Waals surface area (Å²) in [5.74, 6) is 5.34. The molecule has 3 nitrogen and oxygen atoms in total. The summed E-state index contributed by atoms with van der Waals surface area (Å²) >= 11 is 0. The fraction of sp³-hybridized carbons (Fsp3) is 0.364. The average molecular weight is 210 g/mol. The molecular formula is C11H15FN2O. The maximum Gasteiger partial charge on any atom is 0.241 e. The summed E-state index contributed by atoms with van der Waals surface area (Å²) in [7, 11) is 0. The minimum Gasteiger partial charge on any atom is -0.273 e. The van der Waals surface area contributed by atoms with Crippen LogP contribution in [0.15, 0.2) is 24.3 Å². The van der Waals surface area contributed by atoms with E-state index in [1.165, 1.54) is 24.3 Å². The lowest BCUT2D eigenvalue weighted by atomic mass is 10.1. The number of halogens is 1. The smallest absolute Gasteiger partial charge is 0.241 e. The van der Waals surface area contributed by atoms with Gasteiger partial charge >= 0.3 is 0 Å². The highest BCUT2D eigenvalue weighted by Crippen LogP contribution is 2.13. The maximum atomic E-state index is 12.6. The van der Waals surface area contributed by atoms with Crippen LogP contribution in [0, 0.1) is 11.7 Å². The van der Waals surface area contributed by atoms with Crippen LogP contribution < -0.4 is 10.9 Å². The summed E-state index contributed by atoms with van der Waals surface area (Å²) < 4.78 is 12.6. The van der Waals surface area contributed by atoms with Crippen molar-refractivity contribution < 1.29 is 9.18 Å². The Morgan fingerprint density at radius 2 is 1.93 bits per heavy atom. The Kier molecular flexibility index (Phi) is 3.80. The van der Waals surface area contributed by atoms with Gasteiger partial charge in [0.1, 0.15) is 5.82 Å². The Morgan fingerprint density at radius 3 is 2.40 bits per heavy atom. The van der Waals surface area contributed by atoms with Crippen molar-refractivity contribution in [2.24, 2.45) is 11.8 Å². The van der Waals surface area contributed by atoms with Gasteiger partial charge in [0.2, 0.25) is 5.91 Å². The number of carbonyl (C=O) groups is 1. The molecule has 2 N–H and O–H groups in total. The molecule has 0 spiro atoms. The topological polar surface area (TPSA) is 46.3 Å². The number of anilines is 1. The SMILES string of the molecule is CC(C)CC(=O)N(N)c1ccc(F)cc1. The van der Waals surface area contributed by atoms with Crippen molar-refractivity contribution in [3.8, 4) is 0 Å². The van der Waals surface area contributed by atoms with Crippen molar-refractivity contribution >= 4 is 11.6 Å². The zero-order chi connectivity index (χ0) is 11.4. The highest BCUT2D eigenvalue weighted by molar-refractivity contribution is 5.92. The maximum absolute atomic E-state index is 12.6. The van der Waals surface area contributed by atoms with Gasteiger partial charge in [-0.15, -0.1) is 0 Å². The van der Waals surface area contributed by atoms with Crippen molar-refractivity contribution in [3.63, 3.8) is 0 Å². The normalized spacial score (nSPS) is 10.5. The molecule has 1 aromatic carbocycles. The summed E-state index contributed by atoms with van der Waals surface area (Å²) in [5, 5.41) is 1.06. The predicted molar refractivity (Wildman–Crippen MR) is 57.5 cm³/mol. The third-order valence-corrected chi connectivity index (χ3v) is 1.96. The molecule has 0 saturated carbocycles. The number of rotatable bonds is 3. The second kappa shape index (κ2) is 4.89. The molecule has 1 aromatic rings. The van der Waals surface area contributed by atoms with Gasteiger partial charge in [-0.05, 0) is 30.2 Å². The molecule has 0 aliphatic carbocycles. The Hall–Kier alpha value is -1.42. The van der Waals surface area contributed by atoms with Gasteiger partial charge in [-0.3, -0.25) is 4.79 Å². The highest BCUT2D eigenvalue weighted by atomic mass is 19.1. The van der Waals surface area contributed by atoms with Crippen LogP contribution in [0.1, 0.15) is 20.3 Å². The third kappa shape index (κ3) is 3.32. The lowest BCUT2D eigenvalue weighted by Gasteiger charge is -2.17. The molecule has 4 heteroatoms. The van der Waals surface area contributed by atoms with E-state index >= 15 is 0 Å². The molecule has 0 fully saturated rings. The fourth-order valence-electron chi connectivity index (χ4n) is 1.19. The Labute approximate surface area is 88.7 Å². The van der Waals surface area contributed by atoms with Crippen molar-refractivity contribution in [1.82, 2.24) is 0 Å². The zero-order valence-electron chi connectivity index (χ0n) is 8.90. The largest absolute Gasteiger partial charge is 0.273 e. The van der Waals surface area contributed by atoms with Gasteiger partial charge < -0.3 is 0 Å². The second-order valence-electron chi connectivity index (χ2n) is 3.84. The van der Waals surface area contributed by atoms with Gasteiger partial charge in [0, 0.05) is 6.42 Å². The van der Waals surface area contributed by atoms with E-state index in [2.05, 4.69) is 0 Å². The van der Waals surface area contributed by atoms with Crippen LogP contribution in [0.5, 0.6) is 0 Å². The fourth-order valence-corrected chi connectivity index (χ4v) is 1.19. The van der Waals surface area contributed by atoms with Crippen molar-refractivity contribution in [2.45, 2.75) is 20.3 Å². The molecule has 0 aliphatic heterocycles. The molecule has 82 valence electrons. The molecule has 0 aromatic heterocycles. The van der Waals surface area contributed by atoms with Gasteiger partial charge in [0.05, 0.1) is 5.69 Å². The Morgan fingerprint density at radius 1 is 1.40 bits per heavy atom. The first-order valence-electron chi connectivity index (χ1n) is 4.84. The first kappa shape index (κ1) is 11.7. The van der Waals surface area contributed by atoms with E-state index in [0.717, 1.165) is 5.01 Å². The molecule has 1 amide bonds. The highest BCUT2D eigenvalue weighted by Gasteiger charge is 2.12. The molecular weight excluding hydrogens is 195 g/mol. The lowest BCUT2D eigenvalue weighted by molar-refractivity contribution is -0.119. The molecule has 1 rings (SSSR count). The second-order valence-corrected chi connectivity index (χ2v) is 3.84. The van der Waals surface area contributed by atoms with E-state index in [0.29, 0.717) is 12.1 Å². The van der Waals surface area contributed by atoms with Crippen LogP contribution in [-0.2, 0) is 4.79 Å². The number of nitrogens with two attached hydrogens (primary N) is 1. The molecule has 0 unspecified atom stereocenters. The molecule has 0 bridgehead atoms. The monoisotopic (exact) mass is 210 g/mol. The molecule has 0 aliphatic rings. The van der Waals surface area contributed by atoms with Crippen LogP contribution in [0.2, 0.25) is 0 Å². The minimum absolute atomic E-state index is 0.170. The number of amides is 1. The number of hydrogen-bond donors (Lipinski definition) is 1. The average Bonchev–Trinajstić information content (AvgIpc) is 2.17. The number of carbonyl (C=O) groups excluding carboxylic acids is 1. The van der Waals surface area contributed by atoms with Crippen molar-refractivity contribution in [2.75, 3.05) is 5.01 Å². The first-order valence-corrected chi connectivity index (χ1v) is 4.84. The van der Waals surface area contributed by atoms with Crippen LogP contribution >= 0.6 is 0 Å². The van der Waals surface area contributed by atoms with Gasteiger partial charge in [0.25, 0.3) is 0 Å². The van der Waals surface area contributed by atoms with E-state index in [9.17, 15) is 9.18 Å². The van der Waals surface area contributed by atoms with Crippen molar-refractivity contribution in [1.29, 1.82) is 0 Å². The quantitative estimate of drug-likeness (QED) is 0.471. The van der Waals surface area contributed by atoms with Crippen LogP contribution in [0.25, 0.3) is 0 Å². The summed E-state index contributed by atoms with van der Waals surface area (Å²) in [4.78, 5) is 11.5. The van der Waals surface area contributed by atoms with E-state index in [1.807, 2.05) is 13.8 Å². The lowest BCUT2D eigenvalue weighted by Crippen LogP contribution is -2.38. The van der Waals surface area contributed by atoms with Crippen LogP contribution in [-0.4, -0.2) is 5.91 Å². The minimum atomic E-state index is -0.344. The summed E-state index contributed by atoms with van der Waals surface area (Å²) in [6.45, 7) is 3.88. The van der Waals surface area contributed by atoms with E-state index in [-0.39, 0.29) is 17.6 Å². The number of nitrogens with zero attached hydrogens (tertiary/aromatic N) is 1. The van der Waals surface area contributed by atoms with Crippen molar-refractivity contribution in [3.05, 3.63) is 30.1 Å².